The van der Waals surface area contributed by atoms with Crippen LogP contribution >= 0.6 is 12.2 Å². The van der Waals surface area contributed by atoms with E-state index >= 15 is 0 Å². The second-order valence-corrected chi connectivity index (χ2v) is 4.17. The van der Waals surface area contributed by atoms with Gasteiger partial charge < -0.3 is 5.73 Å². The molecule has 96 valence electrons. The first-order valence-electron chi connectivity index (χ1n) is 5.53. The highest BCUT2D eigenvalue weighted by molar-refractivity contribution is 7.80. The summed E-state index contributed by atoms with van der Waals surface area (Å²) in [5.74, 6) is 0. The lowest BCUT2D eigenvalue weighted by atomic mass is 10.2. The summed E-state index contributed by atoms with van der Waals surface area (Å²) in [5.41, 5.74) is 9.31. The van der Waals surface area contributed by atoms with Crippen molar-refractivity contribution in [2.75, 3.05) is 0 Å². The van der Waals surface area contributed by atoms with E-state index in [9.17, 15) is 4.79 Å². The van der Waals surface area contributed by atoms with E-state index in [1.807, 2.05) is 30.3 Å². The van der Waals surface area contributed by atoms with Gasteiger partial charge in [-0.3, -0.25) is 14.8 Å². The maximum atomic E-state index is 11.6. The van der Waals surface area contributed by atoms with E-state index in [4.69, 9.17) is 5.73 Å². The molecule has 0 radical (unpaired) electrons. The highest BCUT2D eigenvalue weighted by Gasteiger charge is 1.97. The minimum Gasteiger partial charge on any atom is -0.375 e. The van der Waals surface area contributed by atoms with Gasteiger partial charge in [0.15, 0.2) is 5.11 Å². The Morgan fingerprint density at radius 2 is 2.00 bits per heavy atom. The Labute approximate surface area is 115 Å². The van der Waals surface area contributed by atoms with Gasteiger partial charge >= 0.3 is 0 Å². The van der Waals surface area contributed by atoms with Crippen LogP contribution < -0.4 is 16.7 Å². The third kappa shape index (κ3) is 3.49. The standard InChI is InChI=1S/C13H12N4OS/c14-13(19)16-15-9-10-4-6-11(7-5-10)17-8-2-1-3-12(17)18/h1-9H,(H3,14,16,19)/b15-9-. The maximum Gasteiger partial charge on any atom is 0.255 e. The molecule has 6 heteroatoms. The van der Waals surface area contributed by atoms with Gasteiger partial charge in [0.05, 0.1) is 6.21 Å². The molecule has 2 rings (SSSR count). The first-order chi connectivity index (χ1) is 9.16. The van der Waals surface area contributed by atoms with Crippen LogP contribution in [-0.2, 0) is 0 Å². The first kappa shape index (κ1) is 13.0. The topological polar surface area (TPSA) is 72.4 Å². The number of thiocarbonyl (C=S) groups is 1. The SMILES string of the molecule is NC(=S)N/N=C\c1ccc(-n2ccccc2=O)cc1. The molecule has 1 aromatic heterocycles. The molecule has 3 N–H and O–H groups in total. The highest BCUT2D eigenvalue weighted by Crippen LogP contribution is 2.06. The molecule has 19 heavy (non-hydrogen) atoms. The van der Waals surface area contributed by atoms with Crippen molar-refractivity contribution < 1.29 is 0 Å². The molecule has 0 bridgehead atoms. The molecule has 0 aliphatic rings. The fourth-order valence-electron chi connectivity index (χ4n) is 1.53. The van der Waals surface area contributed by atoms with Gasteiger partial charge in [0.1, 0.15) is 0 Å². The summed E-state index contributed by atoms with van der Waals surface area (Å²) in [6.07, 6.45) is 3.32. The monoisotopic (exact) mass is 272 g/mol. The van der Waals surface area contributed by atoms with Crippen LogP contribution in [0.15, 0.2) is 58.6 Å². The third-order valence-corrected chi connectivity index (χ3v) is 2.47. The molecule has 1 aromatic carbocycles. The average molecular weight is 272 g/mol. The van der Waals surface area contributed by atoms with E-state index in [0.717, 1.165) is 11.3 Å². The van der Waals surface area contributed by atoms with E-state index in [1.165, 1.54) is 6.07 Å². The lowest BCUT2D eigenvalue weighted by Gasteiger charge is -2.04. The molecule has 0 saturated heterocycles. The molecule has 5 nitrogen and oxygen atoms in total. The largest absolute Gasteiger partial charge is 0.375 e. The number of pyridine rings is 1. The second kappa shape index (κ2) is 5.92. The fourth-order valence-corrected chi connectivity index (χ4v) is 1.58. The lowest BCUT2D eigenvalue weighted by molar-refractivity contribution is 0.990. The van der Waals surface area contributed by atoms with Gasteiger partial charge in [-0.05, 0) is 36.0 Å². The number of hydrazone groups is 1. The Kier molecular flexibility index (Phi) is 4.04. The molecule has 0 unspecified atom stereocenters. The highest BCUT2D eigenvalue weighted by atomic mass is 32.1. The van der Waals surface area contributed by atoms with Gasteiger partial charge in [-0.2, -0.15) is 5.10 Å². The van der Waals surface area contributed by atoms with Crippen molar-refractivity contribution in [3.8, 4) is 5.69 Å². The van der Waals surface area contributed by atoms with Crippen LogP contribution in [-0.4, -0.2) is 15.9 Å². The van der Waals surface area contributed by atoms with Gasteiger partial charge in [0.2, 0.25) is 0 Å². The molecule has 0 saturated carbocycles. The lowest BCUT2D eigenvalue weighted by Crippen LogP contribution is -2.23. The Morgan fingerprint density at radius 3 is 2.63 bits per heavy atom. The maximum absolute atomic E-state index is 11.6. The predicted octanol–water partition coefficient (Wildman–Crippen LogP) is 1.00. The van der Waals surface area contributed by atoms with Gasteiger partial charge in [0, 0.05) is 18.0 Å². The predicted molar refractivity (Wildman–Crippen MR) is 79.6 cm³/mol. The zero-order valence-electron chi connectivity index (χ0n) is 9.98. The zero-order valence-corrected chi connectivity index (χ0v) is 10.8. The van der Waals surface area contributed by atoms with Crippen LogP contribution in [0.3, 0.4) is 0 Å². The molecular formula is C13H12N4OS. The van der Waals surface area contributed by atoms with E-state index in [1.54, 1.807) is 23.0 Å². The Balaban J connectivity index is 2.20. The van der Waals surface area contributed by atoms with Crippen LogP contribution in [0.5, 0.6) is 0 Å². The minimum atomic E-state index is -0.0703. The molecule has 0 spiro atoms. The fraction of sp³-hybridized carbons (Fsp3) is 0. The van der Waals surface area contributed by atoms with Gasteiger partial charge in [-0.25, -0.2) is 0 Å². The summed E-state index contributed by atoms with van der Waals surface area (Å²) < 4.78 is 1.56. The van der Waals surface area contributed by atoms with Crippen molar-refractivity contribution in [3.05, 3.63) is 64.6 Å². The van der Waals surface area contributed by atoms with Crippen molar-refractivity contribution in [3.63, 3.8) is 0 Å². The normalized spacial score (nSPS) is 10.5. The summed E-state index contributed by atoms with van der Waals surface area (Å²) >= 11 is 4.62. The van der Waals surface area contributed by atoms with E-state index in [2.05, 4.69) is 22.7 Å². The number of hydrogen-bond acceptors (Lipinski definition) is 3. The molecule has 0 fully saturated rings. The number of rotatable bonds is 3. The molecule has 0 aliphatic carbocycles. The molecule has 2 aromatic rings. The molecule has 0 amide bonds. The van der Waals surface area contributed by atoms with E-state index < -0.39 is 0 Å². The minimum absolute atomic E-state index is 0.0703. The van der Waals surface area contributed by atoms with Crippen LogP contribution in [0.4, 0.5) is 0 Å². The molecule has 0 atom stereocenters. The van der Waals surface area contributed by atoms with E-state index in [-0.39, 0.29) is 10.7 Å². The van der Waals surface area contributed by atoms with Crippen molar-refractivity contribution >= 4 is 23.5 Å². The van der Waals surface area contributed by atoms with Crippen molar-refractivity contribution in [2.45, 2.75) is 0 Å². The summed E-state index contributed by atoms with van der Waals surface area (Å²) in [7, 11) is 0. The zero-order chi connectivity index (χ0) is 13.7. The van der Waals surface area contributed by atoms with Crippen molar-refractivity contribution in [2.24, 2.45) is 10.8 Å². The second-order valence-electron chi connectivity index (χ2n) is 3.73. The van der Waals surface area contributed by atoms with Crippen LogP contribution in [0, 0.1) is 0 Å². The van der Waals surface area contributed by atoms with Crippen molar-refractivity contribution in [1.29, 1.82) is 0 Å². The van der Waals surface area contributed by atoms with Crippen LogP contribution in [0.25, 0.3) is 5.69 Å². The quantitative estimate of drug-likeness (QED) is 0.497. The number of nitrogens with one attached hydrogen (secondary N) is 1. The van der Waals surface area contributed by atoms with Crippen molar-refractivity contribution in [1.82, 2.24) is 9.99 Å². The number of nitrogens with two attached hydrogens (primary N) is 1. The number of aromatic nitrogens is 1. The molecule has 1 heterocycles. The third-order valence-electron chi connectivity index (χ3n) is 2.38. The van der Waals surface area contributed by atoms with Crippen LogP contribution in [0.1, 0.15) is 5.56 Å². The summed E-state index contributed by atoms with van der Waals surface area (Å²) in [6.45, 7) is 0. The van der Waals surface area contributed by atoms with Gasteiger partial charge in [-0.1, -0.05) is 18.2 Å². The van der Waals surface area contributed by atoms with Gasteiger partial charge in [0.25, 0.3) is 5.56 Å². The average Bonchev–Trinajstić information content (AvgIpc) is 2.40. The molecular weight excluding hydrogens is 260 g/mol. The van der Waals surface area contributed by atoms with Gasteiger partial charge in [-0.15, -0.1) is 0 Å². The molecule has 0 aliphatic heterocycles. The number of hydrogen-bond donors (Lipinski definition) is 2. The number of nitrogens with zero attached hydrogens (tertiary/aromatic N) is 2. The summed E-state index contributed by atoms with van der Waals surface area (Å²) in [6, 6.07) is 12.4. The Bertz CT molecular complexity index is 661. The number of benzene rings is 1. The summed E-state index contributed by atoms with van der Waals surface area (Å²) in [4.78, 5) is 11.6. The summed E-state index contributed by atoms with van der Waals surface area (Å²) in [5, 5.41) is 3.97. The Morgan fingerprint density at radius 1 is 1.26 bits per heavy atom. The smallest absolute Gasteiger partial charge is 0.255 e. The first-order valence-corrected chi connectivity index (χ1v) is 5.94. The van der Waals surface area contributed by atoms with Crippen LogP contribution in [0.2, 0.25) is 0 Å². The van der Waals surface area contributed by atoms with E-state index in [0.29, 0.717) is 0 Å². The Hall–Kier alpha value is -2.47.